The Hall–Kier alpha value is -2.33. The molecular weight excluding hydrogens is 408 g/mol. The average Bonchev–Trinajstić information content (AvgIpc) is 2.90. The van der Waals surface area contributed by atoms with Crippen LogP contribution in [-0.4, -0.2) is 45.8 Å². The highest BCUT2D eigenvalue weighted by Crippen LogP contribution is 2.39. The molecule has 0 spiro atoms. The van der Waals surface area contributed by atoms with Crippen molar-refractivity contribution in [2.75, 3.05) is 20.2 Å². The summed E-state index contributed by atoms with van der Waals surface area (Å²) in [6, 6.07) is 2.06. The van der Waals surface area contributed by atoms with Crippen LogP contribution in [-0.2, 0) is 18.8 Å². The van der Waals surface area contributed by atoms with Crippen molar-refractivity contribution in [3.05, 3.63) is 36.1 Å². The number of rotatable bonds is 10. The molecule has 0 radical (unpaired) electrons. The van der Waals surface area contributed by atoms with Gasteiger partial charge in [0, 0.05) is 12.6 Å². The van der Waals surface area contributed by atoms with E-state index in [9.17, 15) is 9.59 Å². The van der Waals surface area contributed by atoms with Crippen LogP contribution >= 0.6 is 0 Å². The van der Waals surface area contributed by atoms with Gasteiger partial charge in [0.15, 0.2) is 0 Å². The fraction of sp³-hybridized carbons (Fsp3) is 0.625. The maximum Gasteiger partial charge on any atom is 0.330 e. The predicted octanol–water partition coefficient (Wildman–Crippen LogP) is 4.97. The van der Waals surface area contributed by atoms with E-state index in [1.807, 2.05) is 12.3 Å². The number of carbonyl (C=O) groups excluding carboxylic acids is 2. The van der Waals surface area contributed by atoms with E-state index in [1.54, 1.807) is 0 Å². The Balaban J connectivity index is 3.13. The lowest BCUT2D eigenvalue weighted by Crippen LogP contribution is -2.39. The molecular formula is C24H38N2O4Si. The minimum absolute atomic E-state index is 0.0815. The Kier molecular flexibility index (Phi) is 10.8. The highest BCUT2D eigenvalue weighted by Gasteiger charge is 2.38. The zero-order valence-electron chi connectivity index (χ0n) is 19.9. The van der Waals surface area contributed by atoms with E-state index in [1.165, 1.54) is 23.7 Å². The highest BCUT2D eigenvalue weighted by atomic mass is 28.4. The van der Waals surface area contributed by atoms with Crippen molar-refractivity contribution in [3.8, 4) is 6.07 Å². The molecule has 1 rings (SSSR count). The number of esters is 1. The lowest BCUT2D eigenvalue weighted by atomic mass is 9.81. The molecule has 7 heteroatoms. The molecule has 1 aliphatic rings. The van der Waals surface area contributed by atoms with Gasteiger partial charge < -0.3 is 14.1 Å². The van der Waals surface area contributed by atoms with Crippen LogP contribution in [0.25, 0.3) is 0 Å². The van der Waals surface area contributed by atoms with E-state index < -0.39 is 8.32 Å². The Morgan fingerprint density at radius 2 is 2.06 bits per heavy atom. The molecule has 1 amide bonds. The van der Waals surface area contributed by atoms with Gasteiger partial charge >= 0.3 is 5.97 Å². The van der Waals surface area contributed by atoms with Gasteiger partial charge in [-0.05, 0) is 61.2 Å². The van der Waals surface area contributed by atoms with Gasteiger partial charge in [-0.2, -0.15) is 5.26 Å². The lowest BCUT2D eigenvalue weighted by molar-refractivity contribution is -0.134. The maximum atomic E-state index is 11.4. The second kappa shape index (κ2) is 12.5. The molecule has 0 aliphatic heterocycles. The molecule has 0 aromatic rings. The molecule has 0 unspecified atom stereocenters. The van der Waals surface area contributed by atoms with Crippen molar-refractivity contribution in [1.29, 1.82) is 5.26 Å². The number of nitriles is 1. The number of nitrogens with zero attached hydrogens (tertiary/aromatic N) is 2. The Bertz CT molecular complexity index is 729. The van der Waals surface area contributed by atoms with Gasteiger partial charge in [0.25, 0.3) is 0 Å². The number of ether oxygens (including phenoxy) is 1. The Labute approximate surface area is 188 Å². The van der Waals surface area contributed by atoms with Gasteiger partial charge in [0.1, 0.15) is 6.54 Å². The first-order valence-corrected chi connectivity index (χ1v) is 13.8. The van der Waals surface area contributed by atoms with E-state index in [4.69, 9.17) is 9.69 Å². The van der Waals surface area contributed by atoms with Gasteiger partial charge in [-0.1, -0.05) is 39.0 Å². The second-order valence-corrected chi connectivity index (χ2v) is 14.3. The van der Waals surface area contributed by atoms with E-state index in [0.29, 0.717) is 13.0 Å². The van der Waals surface area contributed by atoms with Crippen molar-refractivity contribution >= 4 is 20.7 Å². The highest BCUT2D eigenvalue weighted by molar-refractivity contribution is 6.74. The maximum absolute atomic E-state index is 11.4. The fourth-order valence-electron chi connectivity index (χ4n) is 3.33. The normalized spacial score (nSPS) is 20.9. The summed E-state index contributed by atoms with van der Waals surface area (Å²) in [4.78, 5) is 24.4. The standard InChI is InChI=1S/C24H38N2O4Si/c1-24(2,3)31(5,6)30-18-21-12-8-7-11-20(17-26(19-27)16-15-25)22(21)13-9-10-14-23(28)29-4/h7-8,10,14,18-20,22H,9,11-13,16-17H2,1-6H3/b14-10-,21-18+/t20-,22+/m1/s1. The van der Waals surface area contributed by atoms with Crippen LogP contribution in [0.4, 0.5) is 0 Å². The Morgan fingerprint density at radius 3 is 2.65 bits per heavy atom. The smallest absolute Gasteiger partial charge is 0.330 e. The van der Waals surface area contributed by atoms with Crippen molar-refractivity contribution in [1.82, 2.24) is 4.90 Å². The first-order valence-electron chi connectivity index (χ1n) is 10.9. The number of allylic oxidation sites excluding steroid dienone is 4. The molecule has 172 valence electrons. The summed E-state index contributed by atoms with van der Waals surface area (Å²) in [6.07, 6.45) is 13.5. The molecule has 0 fully saturated rings. The van der Waals surface area contributed by atoms with Gasteiger partial charge in [0.05, 0.1) is 19.4 Å². The first-order chi connectivity index (χ1) is 14.6. The minimum Gasteiger partial charge on any atom is -0.549 e. The fourth-order valence-corrected chi connectivity index (χ4v) is 4.13. The molecule has 0 saturated carbocycles. The van der Waals surface area contributed by atoms with Gasteiger partial charge in [0.2, 0.25) is 14.7 Å². The van der Waals surface area contributed by atoms with E-state index in [-0.39, 0.29) is 29.4 Å². The lowest BCUT2D eigenvalue weighted by Gasteiger charge is -2.36. The molecule has 0 aromatic heterocycles. The third-order valence-electron chi connectivity index (χ3n) is 6.31. The van der Waals surface area contributed by atoms with Gasteiger partial charge in [-0.3, -0.25) is 4.79 Å². The minimum atomic E-state index is -1.95. The van der Waals surface area contributed by atoms with Crippen LogP contribution in [0.3, 0.4) is 0 Å². The van der Waals surface area contributed by atoms with Crippen molar-refractivity contribution < 1.29 is 18.8 Å². The summed E-state index contributed by atoms with van der Waals surface area (Å²) in [5.74, 6) is -0.00133. The number of amides is 1. The van der Waals surface area contributed by atoms with Crippen LogP contribution < -0.4 is 0 Å². The topological polar surface area (TPSA) is 79.6 Å². The third kappa shape index (κ3) is 8.74. The molecule has 0 N–H and O–H groups in total. The number of hydrogen-bond donors (Lipinski definition) is 0. The van der Waals surface area contributed by atoms with Gasteiger partial charge in [-0.25, -0.2) is 4.79 Å². The second-order valence-electron chi connectivity index (χ2n) is 9.54. The van der Waals surface area contributed by atoms with E-state index in [2.05, 4.69) is 56.8 Å². The molecule has 0 aromatic carbocycles. The summed E-state index contributed by atoms with van der Waals surface area (Å²) in [5, 5.41) is 9.13. The van der Waals surface area contributed by atoms with Crippen LogP contribution in [0.1, 0.15) is 46.5 Å². The molecule has 0 saturated heterocycles. The van der Waals surface area contributed by atoms with Crippen molar-refractivity contribution in [2.24, 2.45) is 11.8 Å². The van der Waals surface area contributed by atoms with Crippen LogP contribution in [0.2, 0.25) is 18.1 Å². The zero-order valence-corrected chi connectivity index (χ0v) is 20.9. The summed E-state index contributed by atoms with van der Waals surface area (Å²) < 4.78 is 11.1. The predicted molar refractivity (Wildman–Crippen MR) is 125 cm³/mol. The van der Waals surface area contributed by atoms with Gasteiger partial charge in [-0.15, -0.1) is 0 Å². The van der Waals surface area contributed by atoms with Crippen molar-refractivity contribution in [2.45, 2.75) is 64.6 Å². The summed E-state index contributed by atoms with van der Waals surface area (Å²) in [5.41, 5.74) is 1.21. The SMILES string of the molecule is COC(=O)/C=C\CC[C@@H]1/C(=C/O[Si](C)(C)C(C)(C)C)CC=CC[C@@H]1CN(C=O)CC#N. The third-order valence-corrected chi connectivity index (χ3v) is 10.6. The van der Waals surface area contributed by atoms with Crippen LogP contribution in [0.15, 0.2) is 36.1 Å². The molecule has 0 bridgehead atoms. The largest absolute Gasteiger partial charge is 0.549 e. The van der Waals surface area contributed by atoms with Crippen LogP contribution in [0.5, 0.6) is 0 Å². The van der Waals surface area contributed by atoms with E-state index >= 15 is 0 Å². The first kappa shape index (κ1) is 26.7. The number of carbonyl (C=O) groups is 2. The van der Waals surface area contributed by atoms with Crippen LogP contribution in [0, 0.1) is 23.2 Å². The molecule has 0 heterocycles. The summed E-state index contributed by atoms with van der Waals surface area (Å²) in [6.45, 7) is 11.7. The summed E-state index contributed by atoms with van der Waals surface area (Å²) >= 11 is 0. The molecule has 31 heavy (non-hydrogen) atoms. The number of hydrogen-bond acceptors (Lipinski definition) is 5. The monoisotopic (exact) mass is 446 g/mol. The molecule has 1 aliphatic carbocycles. The summed E-state index contributed by atoms with van der Waals surface area (Å²) in [7, 11) is -0.589. The average molecular weight is 447 g/mol. The molecule has 6 nitrogen and oxygen atoms in total. The quantitative estimate of drug-likeness (QED) is 0.0900. The zero-order chi connectivity index (χ0) is 23.5. The molecule has 2 atom stereocenters. The van der Waals surface area contributed by atoms with Crippen molar-refractivity contribution in [3.63, 3.8) is 0 Å². The Morgan fingerprint density at radius 1 is 1.35 bits per heavy atom. The van der Waals surface area contributed by atoms with E-state index in [0.717, 1.165) is 25.7 Å². The number of methoxy groups -OCH3 is 1.